The van der Waals surface area contributed by atoms with Crippen LogP contribution in [-0.4, -0.2) is 30.0 Å². The standard InChI is InChI=1S/C9H16N8/c1-6-7(5-11-16(6)2)8(12-10)4-9-13-15-17(3)14-9/h5,8,12H,4,10H2,1-3H3. The summed E-state index contributed by atoms with van der Waals surface area (Å²) in [5.41, 5.74) is 4.87. The maximum absolute atomic E-state index is 5.57. The van der Waals surface area contributed by atoms with Gasteiger partial charge in [-0.25, -0.2) is 0 Å². The topological polar surface area (TPSA) is 99.5 Å². The first-order valence-electron chi connectivity index (χ1n) is 5.29. The minimum Gasteiger partial charge on any atom is -0.273 e. The molecule has 0 radical (unpaired) electrons. The summed E-state index contributed by atoms with van der Waals surface area (Å²) in [5.74, 6) is 6.22. The summed E-state index contributed by atoms with van der Waals surface area (Å²) in [5, 5.41) is 16.1. The van der Waals surface area contributed by atoms with Gasteiger partial charge in [-0.05, 0) is 12.1 Å². The predicted molar refractivity (Wildman–Crippen MR) is 60.5 cm³/mol. The van der Waals surface area contributed by atoms with Gasteiger partial charge >= 0.3 is 0 Å². The zero-order valence-electron chi connectivity index (χ0n) is 10.1. The lowest BCUT2D eigenvalue weighted by molar-refractivity contribution is 0.532. The molecular formula is C9H16N8. The van der Waals surface area contributed by atoms with Crippen LogP contribution in [0.4, 0.5) is 0 Å². The second-order valence-electron chi connectivity index (χ2n) is 3.93. The van der Waals surface area contributed by atoms with Crippen LogP contribution in [-0.2, 0) is 20.5 Å². The van der Waals surface area contributed by atoms with Gasteiger partial charge in [-0.3, -0.25) is 16.0 Å². The molecule has 92 valence electrons. The fourth-order valence-electron chi connectivity index (χ4n) is 1.70. The van der Waals surface area contributed by atoms with Crippen LogP contribution in [0.25, 0.3) is 0 Å². The fraction of sp³-hybridized carbons (Fsp3) is 0.556. The zero-order valence-corrected chi connectivity index (χ0v) is 10.1. The van der Waals surface area contributed by atoms with Crippen molar-refractivity contribution in [2.45, 2.75) is 19.4 Å². The monoisotopic (exact) mass is 236 g/mol. The number of nitrogens with zero attached hydrogens (tertiary/aromatic N) is 6. The molecule has 0 aliphatic heterocycles. The van der Waals surface area contributed by atoms with E-state index in [1.165, 1.54) is 4.80 Å². The summed E-state index contributed by atoms with van der Waals surface area (Å²) < 4.78 is 1.81. The summed E-state index contributed by atoms with van der Waals surface area (Å²) in [6.07, 6.45) is 2.38. The Morgan fingerprint density at radius 2 is 2.24 bits per heavy atom. The van der Waals surface area contributed by atoms with Crippen LogP contribution in [0.15, 0.2) is 6.20 Å². The van der Waals surface area contributed by atoms with E-state index in [1.807, 2.05) is 18.7 Å². The molecule has 2 aromatic rings. The lowest BCUT2D eigenvalue weighted by Gasteiger charge is -2.13. The van der Waals surface area contributed by atoms with Crippen LogP contribution in [0.5, 0.6) is 0 Å². The summed E-state index contributed by atoms with van der Waals surface area (Å²) >= 11 is 0. The Hall–Kier alpha value is -1.80. The lowest BCUT2D eigenvalue weighted by atomic mass is 10.1. The number of hydrogen-bond acceptors (Lipinski definition) is 6. The number of hydrogen-bond donors (Lipinski definition) is 2. The van der Waals surface area contributed by atoms with Gasteiger partial charge in [-0.1, -0.05) is 0 Å². The second kappa shape index (κ2) is 4.60. The van der Waals surface area contributed by atoms with Crippen molar-refractivity contribution in [2.24, 2.45) is 19.9 Å². The van der Waals surface area contributed by atoms with Crippen molar-refractivity contribution in [1.29, 1.82) is 0 Å². The van der Waals surface area contributed by atoms with Gasteiger partial charge in [0.1, 0.15) is 0 Å². The van der Waals surface area contributed by atoms with Crippen molar-refractivity contribution in [2.75, 3.05) is 0 Å². The normalized spacial score (nSPS) is 12.9. The van der Waals surface area contributed by atoms with E-state index in [4.69, 9.17) is 5.84 Å². The summed E-state index contributed by atoms with van der Waals surface area (Å²) in [6, 6.07) is -0.0621. The Morgan fingerprint density at radius 3 is 2.71 bits per heavy atom. The first-order valence-corrected chi connectivity index (χ1v) is 5.29. The predicted octanol–water partition coefficient (Wildman–Crippen LogP) is -1.00. The fourth-order valence-corrected chi connectivity index (χ4v) is 1.70. The van der Waals surface area contributed by atoms with Gasteiger partial charge in [-0.2, -0.15) is 9.90 Å². The van der Waals surface area contributed by atoms with Crippen LogP contribution >= 0.6 is 0 Å². The molecule has 17 heavy (non-hydrogen) atoms. The average Bonchev–Trinajstić information content (AvgIpc) is 2.85. The van der Waals surface area contributed by atoms with Gasteiger partial charge in [-0.15, -0.1) is 10.2 Å². The molecule has 0 aliphatic rings. The first kappa shape index (κ1) is 11.7. The minimum atomic E-state index is -0.0621. The second-order valence-corrected chi connectivity index (χ2v) is 3.93. The summed E-state index contributed by atoms with van der Waals surface area (Å²) in [7, 11) is 3.63. The van der Waals surface area contributed by atoms with E-state index in [1.54, 1.807) is 13.2 Å². The van der Waals surface area contributed by atoms with Crippen molar-refractivity contribution in [3.8, 4) is 0 Å². The summed E-state index contributed by atoms with van der Waals surface area (Å²) in [4.78, 5) is 1.43. The van der Waals surface area contributed by atoms with Gasteiger partial charge in [0.25, 0.3) is 0 Å². The van der Waals surface area contributed by atoms with Crippen LogP contribution in [0.1, 0.15) is 23.1 Å². The molecule has 2 rings (SSSR count). The molecule has 0 aromatic carbocycles. The van der Waals surface area contributed by atoms with Crippen LogP contribution in [0.3, 0.4) is 0 Å². The molecule has 8 heteroatoms. The Morgan fingerprint density at radius 1 is 1.47 bits per heavy atom. The maximum Gasteiger partial charge on any atom is 0.176 e. The minimum absolute atomic E-state index is 0.0621. The van der Waals surface area contributed by atoms with Crippen LogP contribution in [0, 0.1) is 6.92 Å². The third kappa shape index (κ3) is 2.32. The molecule has 2 aromatic heterocycles. The van der Waals surface area contributed by atoms with E-state index in [-0.39, 0.29) is 6.04 Å². The van der Waals surface area contributed by atoms with E-state index >= 15 is 0 Å². The van der Waals surface area contributed by atoms with E-state index < -0.39 is 0 Å². The van der Waals surface area contributed by atoms with E-state index in [9.17, 15) is 0 Å². The molecule has 1 atom stereocenters. The Bertz CT molecular complexity index is 499. The lowest BCUT2D eigenvalue weighted by Crippen LogP contribution is -2.30. The maximum atomic E-state index is 5.57. The molecule has 0 bridgehead atoms. The third-order valence-electron chi connectivity index (χ3n) is 2.79. The van der Waals surface area contributed by atoms with Gasteiger partial charge in [0.05, 0.1) is 19.3 Å². The number of nitrogens with one attached hydrogen (secondary N) is 1. The molecule has 1 unspecified atom stereocenters. The molecule has 0 saturated heterocycles. The highest BCUT2D eigenvalue weighted by Crippen LogP contribution is 2.18. The van der Waals surface area contributed by atoms with E-state index in [0.717, 1.165) is 11.3 Å². The van der Waals surface area contributed by atoms with Gasteiger partial charge in [0, 0.05) is 24.7 Å². The molecular weight excluding hydrogens is 220 g/mol. The van der Waals surface area contributed by atoms with Crippen molar-refractivity contribution in [3.63, 3.8) is 0 Å². The average molecular weight is 236 g/mol. The molecule has 0 fully saturated rings. The Kier molecular flexibility index (Phi) is 3.16. The number of aromatic nitrogens is 6. The quantitative estimate of drug-likeness (QED) is 0.521. The molecule has 0 aliphatic carbocycles. The van der Waals surface area contributed by atoms with Crippen molar-refractivity contribution in [1.82, 2.24) is 35.4 Å². The van der Waals surface area contributed by atoms with Crippen molar-refractivity contribution in [3.05, 3.63) is 23.3 Å². The Labute approximate surface area is 98.8 Å². The smallest absolute Gasteiger partial charge is 0.176 e. The number of nitrogens with two attached hydrogens (primary N) is 1. The molecule has 2 heterocycles. The highest BCUT2D eigenvalue weighted by atomic mass is 15.6. The molecule has 0 spiro atoms. The molecule has 0 saturated carbocycles. The van der Waals surface area contributed by atoms with E-state index in [0.29, 0.717) is 12.2 Å². The number of aryl methyl sites for hydroxylation is 2. The van der Waals surface area contributed by atoms with Crippen LogP contribution < -0.4 is 11.3 Å². The highest BCUT2D eigenvalue weighted by Gasteiger charge is 2.18. The molecule has 0 amide bonds. The third-order valence-corrected chi connectivity index (χ3v) is 2.79. The van der Waals surface area contributed by atoms with Gasteiger partial charge in [0.15, 0.2) is 5.82 Å². The largest absolute Gasteiger partial charge is 0.273 e. The SMILES string of the molecule is Cc1c(C(Cc2nnn(C)n2)NN)cnn1C. The first-order chi connectivity index (χ1) is 8.11. The highest BCUT2D eigenvalue weighted by molar-refractivity contribution is 5.21. The Balaban J connectivity index is 2.19. The number of rotatable bonds is 4. The number of hydrazine groups is 1. The van der Waals surface area contributed by atoms with Crippen molar-refractivity contribution < 1.29 is 0 Å². The van der Waals surface area contributed by atoms with Gasteiger partial charge < -0.3 is 0 Å². The van der Waals surface area contributed by atoms with E-state index in [2.05, 4.69) is 25.9 Å². The summed E-state index contributed by atoms with van der Waals surface area (Å²) in [6.45, 7) is 2.00. The number of tetrazole rings is 1. The van der Waals surface area contributed by atoms with Gasteiger partial charge in [0.2, 0.25) is 0 Å². The molecule has 8 nitrogen and oxygen atoms in total. The van der Waals surface area contributed by atoms with Crippen molar-refractivity contribution >= 4 is 0 Å². The molecule has 3 N–H and O–H groups in total. The van der Waals surface area contributed by atoms with Crippen LogP contribution in [0.2, 0.25) is 0 Å². The zero-order chi connectivity index (χ0) is 12.4.